The number of aromatic amines is 1. The van der Waals surface area contributed by atoms with Gasteiger partial charge in [0.25, 0.3) is 5.91 Å². The van der Waals surface area contributed by atoms with Crippen molar-refractivity contribution in [3.8, 4) is 11.5 Å². The van der Waals surface area contributed by atoms with Crippen molar-refractivity contribution in [1.82, 2.24) is 20.7 Å². The van der Waals surface area contributed by atoms with Crippen LogP contribution in [0.15, 0.2) is 36.4 Å². The van der Waals surface area contributed by atoms with Gasteiger partial charge in [0, 0.05) is 12.2 Å². The van der Waals surface area contributed by atoms with E-state index >= 15 is 0 Å². The Morgan fingerprint density at radius 1 is 1.07 bits per heavy atom. The number of carbonyl (C=O) groups is 1. The Bertz CT molecular complexity index is 979. The molecule has 0 radical (unpaired) electrons. The molecule has 0 spiro atoms. The number of nitrogens with zero attached hydrogens (tertiary/aromatic N) is 2. The normalized spacial score (nSPS) is 12.1. The number of rotatable bonds is 5. The topological polar surface area (TPSA) is 101 Å². The van der Waals surface area contributed by atoms with Gasteiger partial charge in [-0.2, -0.15) is 5.21 Å². The number of aromatic nitrogens is 3. The third-order valence-electron chi connectivity index (χ3n) is 4.14. The van der Waals surface area contributed by atoms with E-state index in [-0.39, 0.29) is 18.4 Å². The first-order valence-electron chi connectivity index (χ1n) is 8.51. The summed E-state index contributed by atoms with van der Waals surface area (Å²) in [5.41, 5.74) is 4.20. The summed E-state index contributed by atoms with van der Waals surface area (Å²) in [6, 6.07) is 11.6. The van der Waals surface area contributed by atoms with Gasteiger partial charge in [0.2, 0.25) is 6.79 Å². The molecule has 2 aromatic carbocycles. The number of aryl methyl sites for hydroxylation is 2. The maximum Gasteiger partial charge on any atom is 0.275 e. The molecule has 0 bridgehead atoms. The molecule has 138 valence electrons. The highest BCUT2D eigenvalue weighted by Gasteiger charge is 2.18. The smallest absolute Gasteiger partial charge is 0.275 e. The van der Waals surface area contributed by atoms with E-state index in [9.17, 15) is 4.79 Å². The SMILES string of the molecule is Cc1cc(C)cc(Nc2n[nH]nc2C(=O)NCc2ccc3c(c2)OCO3)c1. The molecule has 0 saturated carbocycles. The van der Waals surface area contributed by atoms with Crippen LogP contribution in [0.25, 0.3) is 0 Å². The first-order valence-corrected chi connectivity index (χ1v) is 8.51. The predicted molar refractivity (Wildman–Crippen MR) is 99.3 cm³/mol. The van der Waals surface area contributed by atoms with Crippen LogP contribution in [-0.2, 0) is 6.54 Å². The second-order valence-corrected chi connectivity index (χ2v) is 6.39. The Balaban J connectivity index is 1.44. The number of fused-ring (bicyclic) bond motifs is 1. The van der Waals surface area contributed by atoms with Crippen LogP contribution in [-0.4, -0.2) is 28.1 Å². The van der Waals surface area contributed by atoms with Crippen LogP contribution in [0.1, 0.15) is 27.2 Å². The van der Waals surface area contributed by atoms with E-state index in [1.54, 1.807) is 0 Å². The number of H-pyrrole nitrogens is 1. The molecule has 2 heterocycles. The molecule has 8 heteroatoms. The number of hydrogen-bond acceptors (Lipinski definition) is 6. The second-order valence-electron chi connectivity index (χ2n) is 6.39. The molecule has 1 aliphatic heterocycles. The lowest BCUT2D eigenvalue weighted by Gasteiger charge is -2.08. The molecule has 1 aliphatic rings. The lowest BCUT2D eigenvalue weighted by atomic mass is 10.1. The quantitative estimate of drug-likeness (QED) is 0.643. The van der Waals surface area contributed by atoms with E-state index in [4.69, 9.17) is 9.47 Å². The Labute approximate surface area is 155 Å². The van der Waals surface area contributed by atoms with Crippen molar-refractivity contribution < 1.29 is 14.3 Å². The van der Waals surface area contributed by atoms with Crippen LogP contribution in [0.2, 0.25) is 0 Å². The summed E-state index contributed by atoms with van der Waals surface area (Å²) in [5.74, 6) is 1.44. The van der Waals surface area contributed by atoms with Crippen molar-refractivity contribution in [1.29, 1.82) is 0 Å². The highest BCUT2D eigenvalue weighted by atomic mass is 16.7. The summed E-state index contributed by atoms with van der Waals surface area (Å²) in [6.07, 6.45) is 0. The molecular weight excluding hydrogens is 346 g/mol. The molecule has 0 atom stereocenters. The van der Waals surface area contributed by atoms with Crippen molar-refractivity contribution >= 4 is 17.4 Å². The molecule has 3 aromatic rings. The molecule has 0 saturated heterocycles. The maximum absolute atomic E-state index is 12.5. The molecule has 0 unspecified atom stereocenters. The van der Waals surface area contributed by atoms with E-state index < -0.39 is 0 Å². The van der Waals surface area contributed by atoms with Crippen molar-refractivity contribution in [3.63, 3.8) is 0 Å². The fraction of sp³-hybridized carbons (Fsp3) is 0.211. The van der Waals surface area contributed by atoms with Gasteiger partial charge < -0.3 is 20.1 Å². The monoisotopic (exact) mass is 365 g/mol. The molecule has 0 aliphatic carbocycles. The highest BCUT2D eigenvalue weighted by molar-refractivity contribution is 5.97. The first kappa shape index (κ1) is 16.9. The summed E-state index contributed by atoms with van der Waals surface area (Å²) in [6.45, 7) is 4.59. The van der Waals surface area contributed by atoms with E-state index in [0.717, 1.165) is 22.4 Å². The van der Waals surface area contributed by atoms with Gasteiger partial charge in [-0.15, -0.1) is 10.2 Å². The van der Waals surface area contributed by atoms with E-state index in [1.807, 2.05) is 44.2 Å². The number of ether oxygens (including phenoxy) is 2. The van der Waals surface area contributed by atoms with Crippen LogP contribution < -0.4 is 20.1 Å². The molecule has 27 heavy (non-hydrogen) atoms. The number of anilines is 2. The third-order valence-corrected chi connectivity index (χ3v) is 4.14. The lowest BCUT2D eigenvalue weighted by molar-refractivity contribution is 0.0946. The minimum Gasteiger partial charge on any atom is -0.454 e. The number of nitrogens with one attached hydrogen (secondary N) is 3. The summed E-state index contributed by atoms with van der Waals surface area (Å²) in [4.78, 5) is 12.5. The zero-order valence-corrected chi connectivity index (χ0v) is 15.0. The maximum atomic E-state index is 12.5. The minimum atomic E-state index is -0.326. The molecule has 0 fully saturated rings. The van der Waals surface area contributed by atoms with Gasteiger partial charge in [0.15, 0.2) is 23.0 Å². The standard InChI is InChI=1S/C19H19N5O3/c1-11-5-12(2)7-14(6-11)21-18-17(22-24-23-18)19(25)20-9-13-3-4-15-16(8-13)27-10-26-15/h3-8H,9-10H2,1-2H3,(H,20,25)(H2,21,22,23,24). The average molecular weight is 365 g/mol. The van der Waals surface area contributed by atoms with Crippen LogP contribution in [0, 0.1) is 13.8 Å². The Morgan fingerprint density at radius 3 is 2.67 bits per heavy atom. The van der Waals surface area contributed by atoms with Crippen LogP contribution in [0.3, 0.4) is 0 Å². The van der Waals surface area contributed by atoms with Crippen molar-refractivity contribution in [2.75, 3.05) is 12.1 Å². The number of carbonyl (C=O) groups excluding carboxylic acids is 1. The predicted octanol–water partition coefficient (Wildman–Crippen LogP) is 2.82. The second kappa shape index (κ2) is 6.99. The summed E-state index contributed by atoms with van der Waals surface area (Å²) >= 11 is 0. The van der Waals surface area contributed by atoms with Gasteiger partial charge in [-0.3, -0.25) is 4.79 Å². The molecule has 1 aromatic heterocycles. The van der Waals surface area contributed by atoms with E-state index in [1.165, 1.54) is 0 Å². The van der Waals surface area contributed by atoms with Crippen LogP contribution in [0.4, 0.5) is 11.5 Å². The largest absolute Gasteiger partial charge is 0.454 e. The molecule has 3 N–H and O–H groups in total. The van der Waals surface area contributed by atoms with Crippen molar-refractivity contribution in [3.05, 3.63) is 58.8 Å². The van der Waals surface area contributed by atoms with Crippen LogP contribution >= 0.6 is 0 Å². The number of amides is 1. The highest BCUT2D eigenvalue weighted by Crippen LogP contribution is 2.32. The van der Waals surface area contributed by atoms with Gasteiger partial charge in [-0.05, 0) is 54.8 Å². The summed E-state index contributed by atoms with van der Waals surface area (Å²) < 4.78 is 10.6. The van der Waals surface area contributed by atoms with E-state index in [2.05, 4.69) is 32.1 Å². The van der Waals surface area contributed by atoms with Crippen molar-refractivity contribution in [2.45, 2.75) is 20.4 Å². The third kappa shape index (κ3) is 3.69. The Kier molecular flexibility index (Phi) is 4.37. The van der Waals surface area contributed by atoms with Crippen LogP contribution in [0.5, 0.6) is 11.5 Å². The zero-order chi connectivity index (χ0) is 18.8. The summed E-state index contributed by atoms with van der Waals surface area (Å²) in [7, 11) is 0. The fourth-order valence-electron chi connectivity index (χ4n) is 2.98. The molecule has 1 amide bonds. The van der Waals surface area contributed by atoms with Gasteiger partial charge in [-0.1, -0.05) is 12.1 Å². The Hall–Kier alpha value is -3.55. The van der Waals surface area contributed by atoms with E-state index in [0.29, 0.717) is 23.9 Å². The number of hydrogen-bond donors (Lipinski definition) is 3. The molecular formula is C19H19N5O3. The lowest BCUT2D eigenvalue weighted by Crippen LogP contribution is -2.24. The first-order chi connectivity index (χ1) is 13.1. The fourth-order valence-corrected chi connectivity index (χ4v) is 2.98. The average Bonchev–Trinajstić information content (AvgIpc) is 3.27. The molecule has 8 nitrogen and oxygen atoms in total. The van der Waals surface area contributed by atoms with Gasteiger partial charge in [-0.25, -0.2) is 0 Å². The molecule has 4 rings (SSSR count). The van der Waals surface area contributed by atoms with Gasteiger partial charge in [0.05, 0.1) is 0 Å². The number of benzene rings is 2. The van der Waals surface area contributed by atoms with Crippen molar-refractivity contribution in [2.24, 2.45) is 0 Å². The minimum absolute atomic E-state index is 0.204. The zero-order valence-electron chi connectivity index (χ0n) is 15.0. The van der Waals surface area contributed by atoms with Gasteiger partial charge >= 0.3 is 0 Å². The summed E-state index contributed by atoms with van der Waals surface area (Å²) in [5, 5.41) is 16.5. The Morgan fingerprint density at radius 2 is 1.85 bits per heavy atom. The van der Waals surface area contributed by atoms with Gasteiger partial charge in [0.1, 0.15) is 0 Å².